The standard InChI is InChI=1S/C13H22ClN3/c1-9-15-10(14)7-11(16-9)17-13(5,6)8-12(2,3)4/h7H,8H2,1-6H3,(H,15,16,17). The summed E-state index contributed by atoms with van der Waals surface area (Å²) in [7, 11) is 0. The largest absolute Gasteiger partial charge is 0.365 e. The second-order valence-corrected chi connectivity index (χ2v) is 6.76. The van der Waals surface area contributed by atoms with Crippen LogP contribution in [0, 0.1) is 12.3 Å². The van der Waals surface area contributed by atoms with Gasteiger partial charge in [-0.05, 0) is 32.6 Å². The number of rotatable bonds is 3. The minimum absolute atomic E-state index is 0.0254. The molecule has 0 saturated heterocycles. The molecular formula is C13H22ClN3. The van der Waals surface area contributed by atoms with E-state index >= 15 is 0 Å². The maximum absolute atomic E-state index is 5.92. The predicted octanol–water partition coefficient (Wildman–Crippen LogP) is 4.07. The summed E-state index contributed by atoms with van der Waals surface area (Å²) in [5.74, 6) is 1.48. The number of nitrogens with one attached hydrogen (secondary N) is 1. The van der Waals surface area contributed by atoms with Crippen molar-refractivity contribution in [2.45, 2.75) is 53.5 Å². The van der Waals surface area contributed by atoms with Crippen molar-refractivity contribution in [3.8, 4) is 0 Å². The Hall–Kier alpha value is -0.830. The average molecular weight is 256 g/mol. The number of anilines is 1. The zero-order valence-corrected chi connectivity index (χ0v) is 12.3. The fourth-order valence-electron chi connectivity index (χ4n) is 2.31. The fourth-order valence-corrected chi connectivity index (χ4v) is 2.54. The van der Waals surface area contributed by atoms with Crippen LogP contribution in [0.15, 0.2) is 6.07 Å². The summed E-state index contributed by atoms with van der Waals surface area (Å²) in [6.07, 6.45) is 1.04. The maximum Gasteiger partial charge on any atom is 0.134 e. The molecule has 4 heteroatoms. The van der Waals surface area contributed by atoms with Gasteiger partial charge in [0.25, 0.3) is 0 Å². The van der Waals surface area contributed by atoms with Crippen molar-refractivity contribution in [3.63, 3.8) is 0 Å². The lowest BCUT2D eigenvalue weighted by Gasteiger charge is -2.33. The van der Waals surface area contributed by atoms with E-state index in [-0.39, 0.29) is 11.0 Å². The molecular weight excluding hydrogens is 234 g/mol. The van der Waals surface area contributed by atoms with E-state index in [1.54, 1.807) is 6.07 Å². The summed E-state index contributed by atoms with van der Waals surface area (Å²) in [6.45, 7) is 12.9. The van der Waals surface area contributed by atoms with Crippen molar-refractivity contribution in [2.75, 3.05) is 5.32 Å². The second kappa shape index (κ2) is 4.81. The molecule has 1 heterocycles. The van der Waals surface area contributed by atoms with Crippen LogP contribution in [0.4, 0.5) is 5.82 Å². The summed E-state index contributed by atoms with van der Waals surface area (Å²) in [6, 6.07) is 1.76. The van der Waals surface area contributed by atoms with Gasteiger partial charge in [-0.25, -0.2) is 9.97 Å². The molecule has 17 heavy (non-hydrogen) atoms. The molecule has 0 atom stereocenters. The van der Waals surface area contributed by atoms with Gasteiger partial charge in [-0.1, -0.05) is 32.4 Å². The Bertz CT molecular complexity index is 374. The van der Waals surface area contributed by atoms with E-state index in [1.165, 1.54) is 0 Å². The van der Waals surface area contributed by atoms with Gasteiger partial charge in [0.1, 0.15) is 16.8 Å². The molecule has 0 aliphatic rings. The van der Waals surface area contributed by atoms with E-state index in [0.717, 1.165) is 12.2 Å². The van der Waals surface area contributed by atoms with Crippen LogP contribution in [0.3, 0.4) is 0 Å². The van der Waals surface area contributed by atoms with Crippen molar-refractivity contribution in [1.82, 2.24) is 9.97 Å². The van der Waals surface area contributed by atoms with Gasteiger partial charge >= 0.3 is 0 Å². The first-order valence-corrected chi connectivity index (χ1v) is 6.25. The normalized spacial score (nSPS) is 12.6. The summed E-state index contributed by atoms with van der Waals surface area (Å²) < 4.78 is 0. The van der Waals surface area contributed by atoms with Crippen LogP contribution in [-0.2, 0) is 0 Å². The summed E-state index contributed by atoms with van der Waals surface area (Å²) >= 11 is 5.92. The topological polar surface area (TPSA) is 37.8 Å². The minimum Gasteiger partial charge on any atom is -0.365 e. The number of hydrogen-bond donors (Lipinski definition) is 1. The number of aryl methyl sites for hydroxylation is 1. The number of nitrogens with zero attached hydrogens (tertiary/aromatic N) is 2. The number of halogens is 1. The van der Waals surface area contributed by atoms with Gasteiger partial charge in [-0.15, -0.1) is 0 Å². The summed E-state index contributed by atoms with van der Waals surface area (Å²) in [4.78, 5) is 8.40. The summed E-state index contributed by atoms with van der Waals surface area (Å²) in [5, 5.41) is 3.90. The van der Waals surface area contributed by atoms with Gasteiger partial charge in [0.15, 0.2) is 0 Å². The van der Waals surface area contributed by atoms with E-state index in [2.05, 4.69) is 49.9 Å². The molecule has 3 nitrogen and oxygen atoms in total. The lowest BCUT2D eigenvalue weighted by Crippen LogP contribution is -2.35. The molecule has 0 radical (unpaired) electrons. The third-order valence-electron chi connectivity index (χ3n) is 2.25. The van der Waals surface area contributed by atoms with Gasteiger partial charge in [0.05, 0.1) is 0 Å². The molecule has 1 rings (SSSR count). The van der Waals surface area contributed by atoms with E-state index in [0.29, 0.717) is 11.0 Å². The third kappa shape index (κ3) is 5.35. The van der Waals surface area contributed by atoms with Crippen LogP contribution in [0.1, 0.15) is 46.9 Å². The first kappa shape index (κ1) is 14.2. The lowest BCUT2D eigenvalue weighted by molar-refractivity contribution is 0.302. The Balaban J connectivity index is 2.82. The van der Waals surface area contributed by atoms with E-state index in [4.69, 9.17) is 11.6 Å². The van der Waals surface area contributed by atoms with E-state index in [1.807, 2.05) is 6.92 Å². The highest BCUT2D eigenvalue weighted by molar-refractivity contribution is 6.29. The molecule has 1 aromatic heterocycles. The number of aromatic nitrogens is 2. The van der Waals surface area contributed by atoms with Crippen molar-refractivity contribution in [3.05, 3.63) is 17.0 Å². The Labute approximate surface area is 109 Å². The Kier molecular flexibility index (Phi) is 4.03. The van der Waals surface area contributed by atoms with Gasteiger partial charge in [-0.2, -0.15) is 0 Å². The smallest absolute Gasteiger partial charge is 0.134 e. The molecule has 0 amide bonds. The minimum atomic E-state index is -0.0254. The van der Waals surface area contributed by atoms with Gasteiger partial charge in [-0.3, -0.25) is 0 Å². The Morgan fingerprint density at radius 1 is 1.18 bits per heavy atom. The van der Waals surface area contributed by atoms with Crippen molar-refractivity contribution >= 4 is 17.4 Å². The van der Waals surface area contributed by atoms with Crippen LogP contribution in [-0.4, -0.2) is 15.5 Å². The molecule has 0 aromatic carbocycles. The highest BCUT2D eigenvalue weighted by atomic mass is 35.5. The van der Waals surface area contributed by atoms with E-state index < -0.39 is 0 Å². The predicted molar refractivity (Wildman–Crippen MR) is 73.6 cm³/mol. The first-order chi connectivity index (χ1) is 7.57. The monoisotopic (exact) mass is 255 g/mol. The molecule has 0 unspecified atom stereocenters. The van der Waals surface area contributed by atoms with Crippen LogP contribution >= 0.6 is 11.6 Å². The molecule has 1 aromatic rings. The highest BCUT2D eigenvalue weighted by Crippen LogP contribution is 2.29. The molecule has 1 N–H and O–H groups in total. The Morgan fingerprint density at radius 2 is 1.76 bits per heavy atom. The zero-order valence-electron chi connectivity index (χ0n) is 11.6. The second-order valence-electron chi connectivity index (χ2n) is 6.37. The lowest BCUT2D eigenvalue weighted by atomic mass is 9.82. The van der Waals surface area contributed by atoms with Gasteiger partial charge in [0.2, 0.25) is 0 Å². The van der Waals surface area contributed by atoms with Crippen molar-refractivity contribution in [2.24, 2.45) is 5.41 Å². The van der Waals surface area contributed by atoms with Crippen LogP contribution in [0.25, 0.3) is 0 Å². The van der Waals surface area contributed by atoms with E-state index in [9.17, 15) is 0 Å². The van der Waals surface area contributed by atoms with Gasteiger partial charge < -0.3 is 5.32 Å². The fraction of sp³-hybridized carbons (Fsp3) is 0.692. The van der Waals surface area contributed by atoms with Gasteiger partial charge in [0, 0.05) is 11.6 Å². The molecule has 0 aliphatic heterocycles. The Morgan fingerprint density at radius 3 is 2.24 bits per heavy atom. The summed E-state index contributed by atoms with van der Waals surface area (Å²) in [5.41, 5.74) is 0.241. The van der Waals surface area contributed by atoms with Crippen molar-refractivity contribution in [1.29, 1.82) is 0 Å². The SMILES string of the molecule is Cc1nc(Cl)cc(NC(C)(C)CC(C)(C)C)n1. The van der Waals surface area contributed by atoms with Crippen molar-refractivity contribution < 1.29 is 0 Å². The van der Waals surface area contributed by atoms with Crippen LogP contribution in [0.2, 0.25) is 5.15 Å². The first-order valence-electron chi connectivity index (χ1n) is 5.87. The average Bonchev–Trinajstić information content (AvgIpc) is 1.93. The zero-order chi connectivity index (χ0) is 13.3. The number of hydrogen-bond acceptors (Lipinski definition) is 3. The molecule has 0 fully saturated rings. The van der Waals surface area contributed by atoms with Crippen LogP contribution < -0.4 is 5.32 Å². The maximum atomic E-state index is 5.92. The highest BCUT2D eigenvalue weighted by Gasteiger charge is 2.25. The molecule has 0 saturated carbocycles. The molecule has 96 valence electrons. The molecule has 0 aliphatic carbocycles. The third-order valence-corrected chi connectivity index (χ3v) is 2.44. The molecule has 0 bridgehead atoms. The quantitative estimate of drug-likeness (QED) is 0.828. The molecule has 0 spiro atoms. The van der Waals surface area contributed by atoms with Crippen LogP contribution in [0.5, 0.6) is 0 Å².